The van der Waals surface area contributed by atoms with Crippen molar-refractivity contribution in [2.75, 3.05) is 12.3 Å². The Morgan fingerprint density at radius 1 is 1.33 bits per heavy atom. The van der Waals surface area contributed by atoms with Crippen LogP contribution in [0.4, 0.5) is 4.39 Å². The van der Waals surface area contributed by atoms with Crippen molar-refractivity contribution in [1.82, 2.24) is 14.9 Å². The van der Waals surface area contributed by atoms with Crippen molar-refractivity contribution < 1.29 is 9.18 Å². The summed E-state index contributed by atoms with van der Waals surface area (Å²) < 4.78 is 13.9. The summed E-state index contributed by atoms with van der Waals surface area (Å²) >= 11 is 3.02. The number of carbonyl (C=O) groups is 1. The first kappa shape index (κ1) is 19.5. The van der Waals surface area contributed by atoms with E-state index in [0.717, 1.165) is 20.8 Å². The Bertz CT molecular complexity index is 987. The minimum absolute atomic E-state index is 0.0838. The highest BCUT2D eigenvalue weighted by Crippen LogP contribution is 2.34. The van der Waals surface area contributed by atoms with E-state index >= 15 is 0 Å². The van der Waals surface area contributed by atoms with Crippen molar-refractivity contribution in [3.8, 4) is 0 Å². The second-order valence-electron chi connectivity index (χ2n) is 6.09. The van der Waals surface area contributed by atoms with E-state index in [1.807, 2.05) is 6.92 Å². The molecule has 0 fully saturated rings. The maximum atomic E-state index is 13.9. The van der Waals surface area contributed by atoms with Crippen molar-refractivity contribution in [3.63, 3.8) is 0 Å². The first-order chi connectivity index (χ1) is 13.0. The van der Waals surface area contributed by atoms with Crippen LogP contribution in [0.25, 0.3) is 10.2 Å². The minimum atomic E-state index is -0.311. The summed E-state index contributed by atoms with van der Waals surface area (Å²) in [6, 6.07) is 6.50. The van der Waals surface area contributed by atoms with Crippen LogP contribution in [0.3, 0.4) is 0 Å². The number of fused-ring (bicyclic) bond motifs is 1. The Kier molecular flexibility index (Phi) is 6.23. The number of thiophene rings is 1. The van der Waals surface area contributed by atoms with Crippen molar-refractivity contribution in [2.45, 2.75) is 25.4 Å². The van der Waals surface area contributed by atoms with E-state index in [4.69, 9.17) is 0 Å². The predicted molar refractivity (Wildman–Crippen MR) is 110 cm³/mol. The quantitative estimate of drug-likeness (QED) is 0.325. The molecule has 0 aliphatic rings. The summed E-state index contributed by atoms with van der Waals surface area (Å²) in [6.45, 7) is 8.39. The van der Waals surface area contributed by atoms with Crippen LogP contribution < -0.4 is 0 Å². The normalized spacial score (nSPS) is 10.9. The lowest BCUT2D eigenvalue weighted by atomic mass is 10.2. The Morgan fingerprint density at radius 2 is 2.11 bits per heavy atom. The molecule has 2 heterocycles. The Hall–Kier alpha value is -2.25. The molecule has 1 amide bonds. The molecular weight excluding hydrogens is 381 g/mol. The molecule has 0 aliphatic carbocycles. The number of hydrogen-bond acceptors (Lipinski definition) is 5. The Morgan fingerprint density at radius 3 is 2.85 bits per heavy atom. The first-order valence-corrected chi connectivity index (χ1v) is 10.3. The molecule has 3 rings (SSSR count). The fourth-order valence-corrected chi connectivity index (χ4v) is 4.74. The third-order valence-corrected chi connectivity index (χ3v) is 6.37. The standard InChI is InChI=1S/C20H20FN3OS2/c1-4-9-24(10-15-7-5-6-8-16(15)21)17(25)11-26-19-18-13(2)14(3)27-20(18)23-12-22-19/h4-8,12H,1,9-11H2,2-3H3. The molecule has 0 spiro atoms. The van der Waals surface area contributed by atoms with Gasteiger partial charge in [-0.25, -0.2) is 14.4 Å². The van der Waals surface area contributed by atoms with Crippen LogP contribution in [-0.2, 0) is 11.3 Å². The molecule has 0 saturated heterocycles. The van der Waals surface area contributed by atoms with Gasteiger partial charge in [0.2, 0.25) is 5.91 Å². The first-order valence-electron chi connectivity index (χ1n) is 8.46. The largest absolute Gasteiger partial charge is 0.334 e. The average molecular weight is 402 g/mol. The van der Waals surface area contributed by atoms with Crippen LogP contribution >= 0.6 is 23.1 Å². The van der Waals surface area contributed by atoms with E-state index in [2.05, 4.69) is 23.5 Å². The van der Waals surface area contributed by atoms with Crippen LogP contribution in [0.15, 0.2) is 48.3 Å². The van der Waals surface area contributed by atoms with E-state index < -0.39 is 0 Å². The van der Waals surface area contributed by atoms with E-state index in [0.29, 0.717) is 12.1 Å². The molecule has 4 nitrogen and oxygen atoms in total. The van der Waals surface area contributed by atoms with Gasteiger partial charge in [0.15, 0.2) is 0 Å². The van der Waals surface area contributed by atoms with Gasteiger partial charge in [-0.1, -0.05) is 36.0 Å². The van der Waals surface area contributed by atoms with Gasteiger partial charge in [0.05, 0.1) is 5.75 Å². The van der Waals surface area contributed by atoms with Crippen LogP contribution in [-0.4, -0.2) is 33.1 Å². The maximum absolute atomic E-state index is 13.9. The molecule has 0 atom stereocenters. The zero-order chi connectivity index (χ0) is 19.4. The zero-order valence-corrected chi connectivity index (χ0v) is 16.9. The Balaban J connectivity index is 1.75. The summed E-state index contributed by atoms with van der Waals surface area (Å²) in [7, 11) is 0. The number of halogens is 1. The number of rotatable bonds is 7. The number of amides is 1. The number of nitrogens with zero attached hydrogens (tertiary/aromatic N) is 3. The topological polar surface area (TPSA) is 46.1 Å². The number of aromatic nitrogens is 2. The molecule has 0 aliphatic heterocycles. The molecular formula is C20H20FN3OS2. The van der Waals surface area contributed by atoms with Gasteiger partial charge in [-0.15, -0.1) is 17.9 Å². The van der Waals surface area contributed by atoms with Crippen molar-refractivity contribution >= 4 is 39.2 Å². The van der Waals surface area contributed by atoms with Crippen molar-refractivity contribution in [1.29, 1.82) is 0 Å². The van der Waals surface area contributed by atoms with Gasteiger partial charge in [0.1, 0.15) is 22.0 Å². The van der Waals surface area contributed by atoms with Crippen LogP contribution in [0.1, 0.15) is 16.0 Å². The molecule has 3 aromatic rings. The number of hydrogen-bond donors (Lipinski definition) is 0. The summed E-state index contributed by atoms with van der Waals surface area (Å²) in [6.07, 6.45) is 3.18. The lowest BCUT2D eigenvalue weighted by molar-refractivity contribution is -0.128. The summed E-state index contributed by atoms with van der Waals surface area (Å²) in [5.41, 5.74) is 1.64. The van der Waals surface area contributed by atoms with Gasteiger partial charge >= 0.3 is 0 Å². The highest BCUT2D eigenvalue weighted by Gasteiger charge is 2.18. The molecule has 27 heavy (non-hydrogen) atoms. The predicted octanol–water partition coefficient (Wildman–Crippen LogP) is 4.75. The second-order valence-corrected chi connectivity index (χ2v) is 8.25. The highest BCUT2D eigenvalue weighted by molar-refractivity contribution is 8.00. The van der Waals surface area contributed by atoms with Gasteiger partial charge in [-0.05, 0) is 25.5 Å². The highest BCUT2D eigenvalue weighted by atomic mass is 32.2. The number of aryl methyl sites for hydroxylation is 2. The molecule has 7 heteroatoms. The fourth-order valence-electron chi connectivity index (χ4n) is 2.72. The fraction of sp³-hybridized carbons (Fsp3) is 0.250. The Labute approximate surface area is 166 Å². The molecule has 1 aromatic carbocycles. The number of carbonyl (C=O) groups excluding carboxylic acids is 1. The lowest BCUT2D eigenvalue weighted by Crippen LogP contribution is -2.32. The summed E-state index contributed by atoms with van der Waals surface area (Å²) in [4.78, 5) is 25.2. The van der Waals surface area contributed by atoms with Gasteiger partial charge in [-0.2, -0.15) is 0 Å². The zero-order valence-electron chi connectivity index (χ0n) is 15.2. The smallest absolute Gasteiger partial charge is 0.233 e. The van der Waals surface area contributed by atoms with Gasteiger partial charge in [0, 0.05) is 28.9 Å². The molecule has 140 valence electrons. The summed E-state index contributed by atoms with van der Waals surface area (Å²) in [5.74, 6) is -0.170. The SMILES string of the molecule is C=CCN(Cc1ccccc1F)C(=O)CSc1ncnc2sc(C)c(C)c12. The molecule has 0 N–H and O–H groups in total. The number of thioether (sulfide) groups is 1. The molecule has 2 aromatic heterocycles. The third kappa shape index (κ3) is 4.36. The van der Waals surface area contributed by atoms with E-state index in [1.54, 1.807) is 40.5 Å². The van der Waals surface area contributed by atoms with E-state index in [9.17, 15) is 9.18 Å². The maximum Gasteiger partial charge on any atom is 0.233 e. The van der Waals surface area contributed by atoms with Crippen LogP contribution in [0, 0.1) is 19.7 Å². The average Bonchev–Trinajstić information content (AvgIpc) is 2.95. The van der Waals surface area contributed by atoms with E-state index in [-0.39, 0.29) is 24.0 Å². The second kappa shape index (κ2) is 8.63. The van der Waals surface area contributed by atoms with Gasteiger partial charge in [0.25, 0.3) is 0 Å². The minimum Gasteiger partial charge on any atom is -0.334 e. The van der Waals surface area contributed by atoms with Gasteiger partial charge in [-0.3, -0.25) is 4.79 Å². The van der Waals surface area contributed by atoms with Crippen molar-refractivity contribution in [2.24, 2.45) is 0 Å². The molecule has 0 radical (unpaired) electrons. The molecule has 0 unspecified atom stereocenters. The van der Waals surface area contributed by atoms with Crippen molar-refractivity contribution in [3.05, 3.63) is 65.1 Å². The monoisotopic (exact) mass is 401 g/mol. The molecule has 0 saturated carbocycles. The lowest BCUT2D eigenvalue weighted by Gasteiger charge is -2.21. The third-order valence-electron chi connectivity index (χ3n) is 4.28. The van der Waals surface area contributed by atoms with Crippen LogP contribution in [0.5, 0.6) is 0 Å². The van der Waals surface area contributed by atoms with Gasteiger partial charge < -0.3 is 4.90 Å². The molecule has 0 bridgehead atoms. The van der Waals surface area contributed by atoms with Crippen LogP contribution in [0.2, 0.25) is 0 Å². The number of benzene rings is 1. The van der Waals surface area contributed by atoms with E-state index in [1.165, 1.54) is 29.0 Å². The summed E-state index contributed by atoms with van der Waals surface area (Å²) in [5, 5.41) is 1.82.